The highest BCUT2D eigenvalue weighted by molar-refractivity contribution is 6.04. The first-order valence-electron chi connectivity index (χ1n) is 6.75. The molecule has 0 bridgehead atoms. The summed E-state index contributed by atoms with van der Waals surface area (Å²) in [7, 11) is 0. The average molecular weight is 285 g/mol. The summed E-state index contributed by atoms with van der Waals surface area (Å²) in [6.45, 7) is 3.96. The predicted molar refractivity (Wildman–Crippen MR) is 76.1 cm³/mol. The molecule has 8 heteroatoms. The van der Waals surface area contributed by atoms with Crippen LogP contribution in [-0.4, -0.2) is 35.7 Å². The quantitative estimate of drug-likeness (QED) is 0.750. The van der Waals surface area contributed by atoms with Crippen molar-refractivity contribution in [3.63, 3.8) is 0 Å². The number of anilines is 1. The maximum atomic E-state index is 12.5. The van der Waals surface area contributed by atoms with Crippen molar-refractivity contribution in [3.05, 3.63) is 35.5 Å². The number of nitrogens with one attached hydrogen (secondary N) is 2. The fraction of sp³-hybridized carbons (Fsp3) is 0.308. The topological polar surface area (TPSA) is 101 Å². The fourth-order valence-electron chi connectivity index (χ4n) is 2.22. The maximum absolute atomic E-state index is 12.5. The van der Waals surface area contributed by atoms with Gasteiger partial charge in [0, 0.05) is 11.8 Å². The molecular formula is C13H15N7O. The van der Waals surface area contributed by atoms with Crippen LogP contribution in [-0.2, 0) is 12.8 Å². The van der Waals surface area contributed by atoms with Gasteiger partial charge in [0.15, 0.2) is 0 Å². The molecule has 0 fully saturated rings. The molecule has 3 rings (SSSR count). The monoisotopic (exact) mass is 285 g/mol. The number of hydrogen-bond donors (Lipinski definition) is 2. The molecule has 0 spiro atoms. The van der Waals surface area contributed by atoms with Crippen molar-refractivity contribution < 1.29 is 4.79 Å². The van der Waals surface area contributed by atoms with Gasteiger partial charge in [-0.2, -0.15) is 15.2 Å². The molecule has 0 atom stereocenters. The number of aromatic nitrogens is 6. The van der Waals surface area contributed by atoms with Gasteiger partial charge in [-0.05, 0) is 12.8 Å². The first-order valence-corrected chi connectivity index (χ1v) is 6.75. The van der Waals surface area contributed by atoms with Crippen LogP contribution < -0.4 is 5.32 Å². The van der Waals surface area contributed by atoms with Crippen LogP contribution in [0.4, 0.5) is 5.82 Å². The Hall–Kier alpha value is -2.77. The molecule has 0 aliphatic rings. The first-order chi connectivity index (χ1) is 10.2. The van der Waals surface area contributed by atoms with E-state index in [0.29, 0.717) is 23.6 Å². The molecule has 0 unspecified atom stereocenters. The first kappa shape index (κ1) is 13.2. The number of aromatic amines is 1. The van der Waals surface area contributed by atoms with E-state index >= 15 is 0 Å². The van der Waals surface area contributed by atoms with E-state index in [4.69, 9.17) is 0 Å². The summed E-state index contributed by atoms with van der Waals surface area (Å²) >= 11 is 0. The SMILES string of the molecule is CCc1cn[nH]c1NC(=O)c1cnc2ncnn2c1CC. The normalized spacial score (nSPS) is 11.0. The third-order valence-electron chi connectivity index (χ3n) is 3.32. The van der Waals surface area contributed by atoms with Gasteiger partial charge in [-0.15, -0.1) is 0 Å². The van der Waals surface area contributed by atoms with Crippen LogP contribution in [0.15, 0.2) is 18.7 Å². The standard InChI is InChI=1S/C13H15N7O/c1-3-8-5-16-19-11(8)18-12(21)9-6-14-13-15-7-17-20(13)10(9)4-2/h5-7H,3-4H2,1-2H3,(H2,16,18,19,21). The molecule has 8 nitrogen and oxygen atoms in total. The van der Waals surface area contributed by atoms with Gasteiger partial charge >= 0.3 is 0 Å². The second-order valence-electron chi connectivity index (χ2n) is 4.52. The molecule has 3 aromatic heterocycles. The van der Waals surface area contributed by atoms with Crippen molar-refractivity contribution in [2.45, 2.75) is 26.7 Å². The zero-order chi connectivity index (χ0) is 14.8. The summed E-state index contributed by atoms with van der Waals surface area (Å²) in [5, 5.41) is 13.7. The van der Waals surface area contributed by atoms with Gasteiger partial charge in [-0.1, -0.05) is 13.8 Å². The number of carbonyl (C=O) groups excluding carboxylic acids is 1. The summed E-state index contributed by atoms with van der Waals surface area (Å²) < 4.78 is 1.59. The molecule has 1 amide bonds. The number of rotatable bonds is 4. The Bertz CT molecular complexity index is 789. The number of H-pyrrole nitrogens is 1. The number of aryl methyl sites for hydroxylation is 2. The molecule has 0 aromatic carbocycles. The highest BCUT2D eigenvalue weighted by Gasteiger charge is 2.17. The molecule has 3 heterocycles. The number of fused-ring (bicyclic) bond motifs is 1. The minimum Gasteiger partial charge on any atom is -0.307 e. The summed E-state index contributed by atoms with van der Waals surface area (Å²) in [6, 6.07) is 0. The molecule has 2 N–H and O–H groups in total. The maximum Gasteiger partial charge on any atom is 0.260 e. The molecule has 0 aliphatic carbocycles. The average Bonchev–Trinajstić information content (AvgIpc) is 3.14. The second-order valence-corrected chi connectivity index (χ2v) is 4.52. The zero-order valence-electron chi connectivity index (χ0n) is 11.8. The van der Waals surface area contributed by atoms with Crippen LogP contribution in [0.1, 0.15) is 35.5 Å². The van der Waals surface area contributed by atoms with Gasteiger partial charge in [0.05, 0.1) is 17.5 Å². The van der Waals surface area contributed by atoms with Crippen LogP contribution in [0.3, 0.4) is 0 Å². The molecule has 21 heavy (non-hydrogen) atoms. The third-order valence-corrected chi connectivity index (χ3v) is 3.32. The van der Waals surface area contributed by atoms with Crippen molar-refractivity contribution >= 4 is 17.5 Å². The molecule has 0 saturated carbocycles. The third kappa shape index (κ3) is 2.24. The van der Waals surface area contributed by atoms with E-state index in [1.807, 2.05) is 13.8 Å². The van der Waals surface area contributed by atoms with Crippen molar-refractivity contribution in [1.82, 2.24) is 29.8 Å². The highest BCUT2D eigenvalue weighted by atomic mass is 16.1. The van der Waals surface area contributed by atoms with Crippen molar-refractivity contribution in [3.8, 4) is 0 Å². The Balaban J connectivity index is 1.97. The van der Waals surface area contributed by atoms with E-state index in [-0.39, 0.29) is 5.91 Å². The number of amides is 1. The lowest BCUT2D eigenvalue weighted by atomic mass is 10.1. The van der Waals surface area contributed by atoms with Crippen LogP contribution in [0.25, 0.3) is 5.78 Å². The van der Waals surface area contributed by atoms with Gasteiger partial charge in [0.1, 0.15) is 12.1 Å². The van der Waals surface area contributed by atoms with Gasteiger partial charge in [0.2, 0.25) is 0 Å². The molecule has 108 valence electrons. The van der Waals surface area contributed by atoms with Gasteiger partial charge in [0.25, 0.3) is 11.7 Å². The van der Waals surface area contributed by atoms with E-state index < -0.39 is 0 Å². The van der Waals surface area contributed by atoms with E-state index in [0.717, 1.165) is 17.7 Å². The van der Waals surface area contributed by atoms with E-state index in [1.54, 1.807) is 10.7 Å². The predicted octanol–water partition coefficient (Wildman–Crippen LogP) is 1.22. The summed E-state index contributed by atoms with van der Waals surface area (Å²) in [5.74, 6) is 0.859. The van der Waals surface area contributed by atoms with E-state index in [2.05, 4.69) is 30.6 Å². The summed E-state index contributed by atoms with van der Waals surface area (Å²) in [5.41, 5.74) is 2.20. The van der Waals surface area contributed by atoms with E-state index in [9.17, 15) is 4.79 Å². The van der Waals surface area contributed by atoms with Crippen LogP contribution >= 0.6 is 0 Å². The lowest BCUT2D eigenvalue weighted by Crippen LogP contribution is -2.18. The Labute approximate surface area is 120 Å². The Morgan fingerprint density at radius 3 is 2.90 bits per heavy atom. The van der Waals surface area contributed by atoms with Crippen molar-refractivity contribution in [2.75, 3.05) is 5.32 Å². The van der Waals surface area contributed by atoms with Crippen LogP contribution in [0, 0.1) is 0 Å². The molecule has 0 radical (unpaired) electrons. The smallest absolute Gasteiger partial charge is 0.260 e. The van der Waals surface area contributed by atoms with Gasteiger partial charge in [-0.3, -0.25) is 9.89 Å². The summed E-state index contributed by atoms with van der Waals surface area (Å²) in [4.78, 5) is 20.6. The van der Waals surface area contributed by atoms with Crippen molar-refractivity contribution in [2.24, 2.45) is 0 Å². The molecule has 0 aliphatic heterocycles. The number of nitrogens with zero attached hydrogens (tertiary/aromatic N) is 5. The highest BCUT2D eigenvalue weighted by Crippen LogP contribution is 2.15. The van der Waals surface area contributed by atoms with E-state index in [1.165, 1.54) is 12.5 Å². The lowest BCUT2D eigenvalue weighted by Gasteiger charge is -2.09. The van der Waals surface area contributed by atoms with Crippen LogP contribution in [0.5, 0.6) is 0 Å². The Kier molecular flexibility index (Phi) is 3.35. The summed E-state index contributed by atoms with van der Waals surface area (Å²) in [6.07, 6.45) is 6.09. The lowest BCUT2D eigenvalue weighted by molar-refractivity contribution is 0.102. The molecule has 3 aromatic rings. The van der Waals surface area contributed by atoms with Crippen molar-refractivity contribution in [1.29, 1.82) is 0 Å². The fourth-order valence-corrected chi connectivity index (χ4v) is 2.22. The minimum atomic E-state index is -0.240. The Morgan fingerprint density at radius 1 is 1.29 bits per heavy atom. The molecular weight excluding hydrogens is 270 g/mol. The van der Waals surface area contributed by atoms with Gasteiger partial charge < -0.3 is 5.32 Å². The molecule has 0 saturated heterocycles. The second kappa shape index (κ2) is 5.31. The number of hydrogen-bond acceptors (Lipinski definition) is 5. The minimum absolute atomic E-state index is 0.240. The zero-order valence-corrected chi connectivity index (χ0v) is 11.8. The van der Waals surface area contributed by atoms with Crippen LogP contribution in [0.2, 0.25) is 0 Å². The number of carbonyl (C=O) groups is 1. The van der Waals surface area contributed by atoms with Gasteiger partial charge in [-0.25, -0.2) is 9.50 Å². The largest absolute Gasteiger partial charge is 0.307 e. The Morgan fingerprint density at radius 2 is 2.14 bits per heavy atom.